The summed E-state index contributed by atoms with van der Waals surface area (Å²) in [7, 11) is 0. The highest BCUT2D eigenvalue weighted by Crippen LogP contribution is 2.26. The first-order chi connectivity index (χ1) is 15.4. The normalized spacial score (nSPS) is 11.2. The van der Waals surface area contributed by atoms with Crippen molar-refractivity contribution in [1.29, 1.82) is 5.26 Å². The van der Waals surface area contributed by atoms with E-state index in [-0.39, 0.29) is 17.1 Å². The van der Waals surface area contributed by atoms with Gasteiger partial charge in [-0.2, -0.15) is 10.4 Å². The maximum absolute atomic E-state index is 12.3. The van der Waals surface area contributed by atoms with Gasteiger partial charge in [0.2, 0.25) is 0 Å². The number of nitro benzene ring substituents is 1. The van der Waals surface area contributed by atoms with Crippen LogP contribution in [0.15, 0.2) is 65.7 Å². The zero-order valence-corrected chi connectivity index (χ0v) is 17.6. The number of carbonyl (C=O) groups is 2. The first-order valence-electron chi connectivity index (χ1n) is 9.30. The van der Waals surface area contributed by atoms with Gasteiger partial charge in [0.25, 0.3) is 11.6 Å². The number of benzene rings is 2. The Labute approximate surface area is 186 Å². The molecule has 162 valence electrons. The SMILES string of the molecule is CC(Sc1ccc([N+](=O)[O-])cc1)C(=O)OCC(=O)Nc1c(C#N)cnn1-c1ccccc1. The number of nitrogens with zero attached hydrogens (tertiary/aromatic N) is 4. The summed E-state index contributed by atoms with van der Waals surface area (Å²) in [6, 6.07) is 16.7. The van der Waals surface area contributed by atoms with Gasteiger partial charge < -0.3 is 10.1 Å². The number of hydrogen-bond donors (Lipinski definition) is 1. The molecule has 32 heavy (non-hydrogen) atoms. The number of ether oxygens (including phenoxy) is 1. The van der Waals surface area contributed by atoms with Crippen molar-refractivity contribution in [3.05, 3.63) is 76.5 Å². The lowest BCUT2D eigenvalue weighted by molar-refractivity contribution is -0.384. The Morgan fingerprint density at radius 3 is 2.56 bits per heavy atom. The molecule has 1 aromatic heterocycles. The molecule has 0 bridgehead atoms. The van der Waals surface area contributed by atoms with Crippen molar-refractivity contribution in [2.24, 2.45) is 0 Å². The number of amides is 1. The van der Waals surface area contributed by atoms with Crippen LogP contribution in [0.4, 0.5) is 11.5 Å². The quantitative estimate of drug-likeness (QED) is 0.238. The Balaban J connectivity index is 1.58. The number of rotatable bonds is 8. The number of hydrogen-bond acceptors (Lipinski definition) is 8. The number of nitriles is 1. The van der Waals surface area contributed by atoms with Crippen LogP contribution in [0, 0.1) is 21.4 Å². The third-order valence-electron chi connectivity index (χ3n) is 4.19. The van der Waals surface area contributed by atoms with E-state index in [4.69, 9.17) is 4.74 Å². The Hall–Kier alpha value is -4.17. The van der Waals surface area contributed by atoms with Crippen LogP contribution in [0.2, 0.25) is 0 Å². The van der Waals surface area contributed by atoms with Gasteiger partial charge in [-0.15, -0.1) is 11.8 Å². The molecule has 1 heterocycles. The van der Waals surface area contributed by atoms with E-state index in [1.54, 1.807) is 31.2 Å². The molecule has 0 radical (unpaired) electrons. The zero-order chi connectivity index (χ0) is 23.1. The number of para-hydroxylation sites is 1. The molecule has 0 fully saturated rings. The molecule has 0 spiro atoms. The summed E-state index contributed by atoms with van der Waals surface area (Å²) >= 11 is 1.15. The monoisotopic (exact) mass is 451 g/mol. The van der Waals surface area contributed by atoms with Gasteiger partial charge in [0.05, 0.1) is 16.8 Å². The molecule has 1 unspecified atom stereocenters. The van der Waals surface area contributed by atoms with E-state index in [1.165, 1.54) is 35.1 Å². The molecule has 1 amide bonds. The maximum Gasteiger partial charge on any atom is 0.319 e. The molecular formula is C21H17N5O5S. The number of non-ortho nitro benzene ring substituents is 1. The van der Waals surface area contributed by atoms with Crippen LogP contribution in [0.1, 0.15) is 12.5 Å². The minimum atomic E-state index is -0.645. The Morgan fingerprint density at radius 1 is 1.25 bits per heavy atom. The molecule has 0 aliphatic rings. The standard InChI is InChI=1S/C21H17N5O5S/c1-14(32-18-9-7-17(8-10-18)26(29)30)21(28)31-13-19(27)24-20-15(11-22)12-23-25(20)16-5-3-2-4-6-16/h2-10,12,14H,13H2,1H3,(H,24,27). The van der Waals surface area contributed by atoms with E-state index in [1.807, 2.05) is 12.1 Å². The van der Waals surface area contributed by atoms with Crippen molar-refractivity contribution < 1.29 is 19.2 Å². The number of nitro groups is 1. The number of thioether (sulfide) groups is 1. The van der Waals surface area contributed by atoms with Crippen LogP contribution in [0.5, 0.6) is 0 Å². The molecule has 0 saturated carbocycles. The predicted molar refractivity (Wildman–Crippen MR) is 116 cm³/mol. The van der Waals surface area contributed by atoms with Gasteiger partial charge >= 0.3 is 5.97 Å². The second-order valence-corrected chi connectivity index (χ2v) is 7.85. The highest BCUT2D eigenvalue weighted by atomic mass is 32.2. The summed E-state index contributed by atoms with van der Waals surface area (Å²) in [5.74, 6) is -1.08. The van der Waals surface area contributed by atoms with E-state index in [9.17, 15) is 25.0 Å². The van der Waals surface area contributed by atoms with Crippen molar-refractivity contribution in [3.63, 3.8) is 0 Å². The number of esters is 1. The lowest BCUT2D eigenvalue weighted by Crippen LogP contribution is -2.26. The lowest BCUT2D eigenvalue weighted by Gasteiger charge is -2.12. The highest BCUT2D eigenvalue weighted by molar-refractivity contribution is 8.00. The molecule has 3 aromatic rings. The zero-order valence-electron chi connectivity index (χ0n) is 16.8. The number of aromatic nitrogens is 2. The smallest absolute Gasteiger partial charge is 0.319 e. The summed E-state index contributed by atoms with van der Waals surface area (Å²) < 4.78 is 6.48. The molecule has 1 N–H and O–H groups in total. The predicted octanol–water partition coefficient (Wildman–Crippen LogP) is 3.31. The van der Waals surface area contributed by atoms with Crippen LogP contribution in [-0.2, 0) is 14.3 Å². The summed E-state index contributed by atoms with van der Waals surface area (Å²) in [4.78, 5) is 35.4. The fourth-order valence-electron chi connectivity index (χ4n) is 2.64. The van der Waals surface area contributed by atoms with Crippen molar-refractivity contribution in [2.45, 2.75) is 17.1 Å². The summed E-state index contributed by atoms with van der Waals surface area (Å²) in [5, 5.41) is 26.0. The van der Waals surface area contributed by atoms with Gasteiger partial charge in [0.15, 0.2) is 12.4 Å². The molecule has 0 saturated heterocycles. The first-order valence-corrected chi connectivity index (χ1v) is 10.2. The van der Waals surface area contributed by atoms with Crippen molar-refractivity contribution in [2.75, 3.05) is 11.9 Å². The van der Waals surface area contributed by atoms with Crippen LogP contribution < -0.4 is 5.32 Å². The largest absolute Gasteiger partial charge is 0.455 e. The fourth-order valence-corrected chi connectivity index (χ4v) is 3.50. The Bertz CT molecular complexity index is 1170. The average Bonchev–Trinajstić information content (AvgIpc) is 3.20. The fraction of sp³-hybridized carbons (Fsp3) is 0.143. The molecule has 1 atom stereocenters. The first kappa shape index (κ1) is 22.5. The van der Waals surface area contributed by atoms with E-state index in [0.717, 1.165) is 11.8 Å². The molecule has 3 rings (SSSR count). The van der Waals surface area contributed by atoms with Gasteiger partial charge in [0.1, 0.15) is 16.9 Å². The van der Waals surface area contributed by atoms with E-state index < -0.39 is 28.7 Å². The number of anilines is 1. The van der Waals surface area contributed by atoms with Gasteiger partial charge in [-0.1, -0.05) is 18.2 Å². The van der Waals surface area contributed by atoms with E-state index in [2.05, 4.69) is 10.4 Å². The molecule has 0 aliphatic carbocycles. The Morgan fingerprint density at radius 2 is 1.94 bits per heavy atom. The topological polar surface area (TPSA) is 140 Å². The third-order valence-corrected chi connectivity index (χ3v) is 5.28. The van der Waals surface area contributed by atoms with Gasteiger partial charge in [-0.3, -0.25) is 19.7 Å². The molecule has 11 heteroatoms. The summed E-state index contributed by atoms with van der Waals surface area (Å²) in [6.07, 6.45) is 1.33. The number of carbonyl (C=O) groups excluding carboxylic acids is 2. The minimum absolute atomic E-state index is 0.0484. The van der Waals surface area contributed by atoms with Crippen LogP contribution in [0.25, 0.3) is 5.69 Å². The van der Waals surface area contributed by atoms with Crippen LogP contribution in [0.3, 0.4) is 0 Å². The van der Waals surface area contributed by atoms with Crippen molar-refractivity contribution in [1.82, 2.24) is 9.78 Å². The van der Waals surface area contributed by atoms with Crippen molar-refractivity contribution >= 4 is 35.1 Å². The van der Waals surface area contributed by atoms with Crippen molar-refractivity contribution in [3.8, 4) is 11.8 Å². The van der Waals surface area contributed by atoms with Crippen LogP contribution in [-0.4, -0.2) is 38.4 Å². The minimum Gasteiger partial charge on any atom is -0.455 e. The molecule has 2 aromatic carbocycles. The van der Waals surface area contributed by atoms with E-state index >= 15 is 0 Å². The maximum atomic E-state index is 12.3. The Kier molecular flexibility index (Phi) is 7.20. The highest BCUT2D eigenvalue weighted by Gasteiger charge is 2.20. The number of nitrogens with one attached hydrogen (secondary N) is 1. The summed E-state index contributed by atoms with van der Waals surface area (Å²) in [6.45, 7) is 1.05. The molecule has 10 nitrogen and oxygen atoms in total. The van der Waals surface area contributed by atoms with Gasteiger partial charge in [-0.05, 0) is 31.2 Å². The molecular weight excluding hydrogens is 434 g/mol. The summed E-state index contributed by atoms with van der Waals surface area (Å²) in [5.41, 5.74) is 0.762. The third kappa shape index (κ3) is 5.50. The van der Waals surface area contributed by atoms with Crippen LogP contribution >= 0.6 is 11.8 Å². The average molecular weight is 451 g/mol. The lowest BCUT2D eigenvalue weighted by atomic mass is 10.3. The van der Waals surface area contributed by atoms with Gasteiger partial charge in [-0.25, -0.2) is 4.68 Å². The van der Waals surface area contributed by atoms with E-state index in [0.29, 0.717) is 10.6 Å². The second kappa shape index (κ2) is 10.2. The van der Waals surface area contributed by atoms with Gasteiger partial charge in [0, 0.05) is 17.0 Å². The second-order valence-electron chi connectivity index (χ2n) is 6.43. The molecule has 0 aliphatic heterocycles.